The van der Waals surface area contributed by atoms with Crippen LogP contribution in [0.3, 0.4) is 0 Å². The molecule has 2 aromatic heterocycles. The summed E-state index contributed by atoms with van der Waals surface area (Å²) in [5.41, 5.74) is 0.910. The summed E-state index contributed by atoms with van der Waals surface area (Å²) < 4.78 is 0. The van der Waals surface area contributed by atoms with Gasteiger partial charge in [0.1, 0.15) is 11.8 Å². The minimum atomic E-state index is -0.696. The molecule has 6 heteroatoms. The molecule has 13 heavy (non-hydrogen) atoms. The summed E-state index contributed by atoms with van der Waals surface area (Å²) in [6, 6.07) is 0. The Morgan fingerprint density at radius 3 is 3.08 bits per heavy atom. The van der Waals surface area contributed by atoms with Gasteiger partial charge in [0.25, 0.3) is 5.78 Å². The predicted molar refractivity (Wildman–Crippen MR) is 42.1 cm³/mol. The number of nitrogens with one attached hydrogen (secondary N) is 1. The molecule has 6 nitrogen and oxygen atoms in total. The van der Waals surface area contributed by atoms with Crippen LogP contribution < -0.4 is 0 Å². The van der Waals surface area contributed by atoms with Gasteiger partial charge in [-0.2, -0.15) is 0 Å². The molecule has 0 spiro atoms. The Balaban J connectivity index is 2.62. The molecule has 0 fully saturated rings. The number of H-pyrrole nitrogens is 1. The van der Waals surface area contributed by atoms with Crippen LogP contribution in [0, 0.1) is 0 Å². The van der Waals surface area contributed by atoms with E-state index in [-0.39, 0.29) is 12.1 Å². The van der Waals surface area contributed by atoms with Gasteiger partial charge >= 0.3 is 0 Å². The summed E-state index contributed by atoms with van der Waals surface area (Å²) in [6.45, 7) is 0. The number of hydrogen-bond acceptors (Lipinski definition) is 5. The molecule has 0 aromatic carbocycles. The molecule has 0 saturated heterocycles. The Hall–Kier alpha value is -2.11. The van der Waals surface area contributed by atoms with Gasteiger partial charge in [0.05, 0.1) is 6.20 Å². The first-order valence-electron chi connectivity index (χ1n) is 3.46. The number of carbonyl (C=O) groups is 2. The third kappa shape index (κ3) is 1.18. The zero-order chi connectivity index (χ0) is 9.26. The molecule has 2 aromatic rings. The Labute approximate surface area is 72.0 Å². The summed E-state index contributed by atoms with van der Waals surface area (Å²) in [7, 11) is 0. The van der Waals surface area contributed by atoms with Crippen LogP contribution in [-0.2, 0) is 4.79 Å². The van der Waals surface area contributed by atoms with Crippen molar-refractivity contribution in [3.05, 3.63) is 18.3 Å². The van der Waals surface area contributed by atoms with E-state index in [9.17, 15) is 9.59 Å². The quantitative estimate of drug-likeness (QED) is 0.386. The van der Waals surface area contributed by atoms with Gasteiger partial charge in [0, 0.05) is 0 Å². The highest BCUT2D eigenvalue weighted by molar-refractivity contribution is 6.32. The van der Waals surface area contributed by atoms with Crippen LogP contribution in [0.4, 0.5) is 0 Å². The lowest BCUT2D eigenvalue weighted by Crippen LogP contribution is -2.01. The average molecular weight is 176 g/mol. The monoisotopic (exact) mass is 176 g/mol. The second kappa shape index (κ2) is 2.74. The number of aromatic nitrogens is 4. The third-order valence-corrected chi connectivity index (χ3v) is 1.50. The van der Waals surface area contributed by atoms with Crippen LogP contribution in [0.1, 0.15) is 10.6 Å². The van der Waals surface area contributed by atoms with Gasteiger partial charge in [-0.05, 0) is 0 Å². The van der Waals surface area contributed by atoms with E-state index < -0.39 is 5.78 Å². The number of rotatable bonds is 2. The van der Waals surface area contributed by atoms with E-state index in [1.54, 1.807) is 0 Å². The lowest BCUT2D eigenvalue weighted by atomic mass is 10.4. The Bertz CT molecular complexity index is 443. The number of Topliss-reactive ketones (excluding diaryl/α,β-unsaturated/α-hetero) is 1. The van der Waals surface area contributed by atoms with Crippen molar-refractivity contribution in [2.45, 2.75) is 0 Å². The van der Waals surface area contributed by atoms with Crippen molar-refractivity contribution in [3.8, 4) is 0 Å². The molecule has 2 rings (SSSR count). The van der Waals surface area contributed by atoms with E-state index in [2.05, 4.69) is 19.9 Å². The molecule has 0 radical (unpaired) electrons. The number of fused-ring (bicyclic) bond motifs is 1. The van der Waals surface area contributed by atoms with Crippen LogP contribution in [0.25, 0.3) is 11.2 Å². The largest absolute Gasteiger partial charge is 0.332 e. The maximum Gasteiger partial charge on any atom is 0.260 e. The number of aromatic amines is 1. The van der Waals surface area contributed by atoms with Crippen LogP contribution in [0.15, 0.2) is 12.5 Å². The second-order valence-electron chi connectivity index (χ2n) is 2.33. The molecule has 0 atom stereocenters. The molecule has 0 aliphatic carbocycles. The van der Waals surface area contributed by atoms with Gasteiger partial charge in [-0.25, -0.2) is 15.0 Å². The fourth-order valence-corrected chi connectivity index (χ4v) is 0.934. The lowest BCUT2D eigenvalue weighted by molar-refractivity contribution is -0.104. The highest BCUT2D eigenvalue weighted by Crippen LogP contribution is 2.05. The van der Waals surface area contributed by atoms with E-state index in [1.807, 2.05) is 0 Å². The van der Waals surface area contributed by atoms with Gasteiger partial charge in [0.15, 0.2) is 17.8 Å². The minimum absolute atomic E-state index is 0.00880. The van der Waals surface area contributed by atoms with Crippen LogP contribution >= 0.6 is 0 Å². The summed E-state index contributed by atoms with van der Waals surface area (Å²) in [5, 5.41) is 0. The fraction of sp³-hybridized carbons (Fsp3) is 0. The minimum Gasteiger partial charge on any atom is -0.332 e. The molecule has 1 N–H and O–H groups in total. The molecule has 2 heterocycles. The summed E-state index contributed by atoms with van der Waals surface area (Å²) in [5.74, 6) is -0.705. The molecule has 0 aliphatic rings. The number of carbonyl (C=O) groups excluding carboxylic acids is 2. The first-order chi connectivity index (χ1) is 6.31. The van der Waals surface area contributed by atoms with Crippen molar-refractivity contribution < 1.29 is 9.59 Å². The highest BCUT2D eigenvalue weighted by atomic mass is 16.2. The maximum atomic E-state index is 10.9. The molecule has 0 unspecified atom stereocenters. The van der Waals surface area contributed by atoms with Crippen LogP contribution in [0.5, 0.6) is 0 Å². The van der Waals surface area contributed by atoms with E-state index in [0.717, 1.165) is 0 Å². The Kier molecular flexibility index (Phi) is 1.59. The van der Waals surface area contributed by atoms with Crippen molar-refractivity contribution in [2.75, 3.05) is 0 Å². The van der Waals surface area contributed by atoms with Crippen molar-refractivity contribution in [1.29, 1.82) is 0 Å². The first kappa shape index (κ1) is 7.53. The summed E-state index contributed by atoms with van der Waals surface area (Å²) in [4.78, 5) is 35.0. The number of ketones is 1. The SMILES string of the molecule is O=CC(=O)c1nc2ncncc2[nH]1. The van der Waals surface area contributed by atoms with Crippen molar-refractivity contribution >= 4 is 23.2 Å². The summed E-state index contributed by atoms with van der Waals surface area (Å²) >= 11 is 0. The van der Waals surface area contributed by atoms with Gasteiger partial charge in [-0.3, -0.25) is 9.59 Å². The molecule has 0 saturated carbocycles. The van der Waals surface area contributed by atoms with Crippen molar-refractivity contribution in [1.82, 2.24) is 19.9 Å². The Morgan fingerprint density at radius 1 is 1.54 bits per heavy atom. The van der Waals surface area contributed by atoms with E-state index >= 15 is 0 Å². The zero-order valence-corrected chi connectivity index (χ0v) is 6.39. The van der Waals surface area contributed by atoms with E-state index in [1.165, 1.54) is 12.5 Å². The number of imidazole rings is 1. The molecule has 0 amide bonds. The normalized spacial score (nSPS) is 10.2. The van der Waals surface area contributed by atoms with Gasteiger partial charge in [0.2, 0.25) is 0 Å². The lowest BCUT2D eigenvalue weighted by Gasteiger charge is -1.80. The summed E-state index contributed by atoms with van der Waals surface area (Å²) in [6.07, 6.45) is 3.00. The molecule has 64 valence electrons. The molecule has 0 aliphatic heterocycles. The van der Waals surface area contributed by atoms with Gasteiger partial charge < -0.3 is 4.98 Å². The molecular weight excluding hydrogens is 172 g/mol. The zero-order valence-electron chi connectivity index (χ0n) is 6.39. The van der Waals surface area contributed by atoms with Gasteiger partial charge in [-0.15, -0.1) is 0 Å². The first-order valence-corrected chi connectivity index (χ1v) is 3.46. The number of nitrogens with zero attached hydrogens (tertiary/aromatic N) is 3. The third-order valence-electron chi connectivity index (χ3n) is 1.50. The van der Waals surface area contributed by atoms with Crippen molar-refractivity contribution in [2.24, 2.45) is 0 Å². The topological polar surface area (TPSA) is 88.6 Å². The number of aldehydes is 1. The molecule has 0 bridgehead atoms. The molecular formula is C7H4N4O2. The van der Waals surface area contributed by atoms with E-state index in [0.29, 0.717) is 11.2 Å². The van der Waals surface area contributed by atoms with Crippen molar-refractivity contribution in [3.63, 3.8) is 0 Å². The maximum absolute atomic E-state index is 10.9. The average Bonchev–Trinajstić information content (AvgIpc) is 2.59. The van der Waals surface area contributed by atoms with E-state index in [4.69, 9.17) is 0 Å². The van der Waals surface area contributed by atoms with Crippen LogP contribution in [-0.4, -0.2) is 32.0 Å². The standard InChI is InChI=1S/C7H4N4O2/c12-2-5(13)7-10-4-1-8-3-9-6(4)11-7/h1-3H,(H,8,9,10,11). The van der Waals surface area contributed by atoms with Gasteiger partial charge in [-0.1, -0.05) is 0 Å². The smallest absolute Gasteiger partial charge is 0.260 e. The fourth-order valence-electron chi connectivity index (χ4n) is 0.934. The predicted octanol–water partition coefficient (Wildman–Crippen LogP) is -0.266. The van der Waals surface area contributed by atoms with Crippen LogP contribution in [0.2, 0.25) is 0 Å². The second-order valence-corrected chi connectivity index (χ2v) is 2.33. The number of hydrogen-bond donors (Lipinski definition) is 1. The Morgan fingerprint density at radius 2 is 2.38 bits per heavy atom. The highest BCUT2D eigenvalue weighted by Gasteiger charge is 2.10.